The van der Waals surface area contributed by atoms with Gasteiger partial charge in [-0.05, 0) is 151 Å². The summed E-state index contributed by atoms with van der Waals surface area (Å²) in [7, 11) is 0. The lowest BCUT2D eigenvalue weighted by Gasteiger charge is -2.36. The van der Waals surface area contributed by atoms with Gasteiger partial charge in [-0.3, -0.25) is 4.79 Å². The molecule has 8 aromatic heterocycles. The Balaban J connectivity index is 0.000000152. The van der Waals surface area contributed by atoms with E-state index in [0.717, 1.165) is 135 Å². The number of aromatic nitrogens is 14. The number of H-pyrrole nitrogens is 1. The van der Waals surface area contributed by atoms with Crippen LogP contribution in [0.25, 0.3) is 71.5 Å². The largest absolute Gasteiger partial charge is 0.473 e. The third-order valence-corrected chi connectivity index (χ3v) is 18.7. The normalized spacial score (nSPS) is 16.5. The zero-order valence-corrected chi connectivity index (χ0v) is 56.9. The number of aryl methyl sites for hydroxylation is 3. The third-order valence-electron chi connectivity index (χ3n) is 18.5. The molecule has 0 radical (unpaired) electrons. The van der Waals surface area contributed by atoms with E-state index in [1.54, 1.807) is 18.2 Å². The van der Waals surface area contributed by atoms with E-state index >= 15 is 0 Å². The standard InChI is InChI=1S/C33H30N8O2.C26H24N8O2.C15H15ClN6O.3CH4/c1-22-20-42-18-17-40(22)33-26-15-16-41-27(19-29(34-2)39-41)31(26)37-32(38-33)24-11-13-25(14-12-24)35-28-9-6-10-30(36-28)43-21-23-7-4-3-5-8-23;1-16-15-36-13-12-33(16)26-19-10-11-34-20(14-22(27-2)32-34)24(19)30-25(31-26)17-6-8-18(9-7-17)28-21-4-3-5-23(35)29-21;1-9-8-23-6-5-21(9)14-10-3-4-22-11(7-12(17-2)20-22)13(10)18-15(16)19-14;;;/h3-14,19,22H,15-18,20-21H2,1H3,(H,35,36);3-9,14,16H,10-13,15H2,1H3,(H2,28,29,35);7,9H,3-6,8H2,1H3;3*1H4/t22-;16-;9-;;;/m000.../s1. The van der Waals surface area contributed by atoms with Crippen LogP contribution >= 0.6 is 11.6 Å². The van der Waals surface area contributed by atoms with Crippen LogP contribution in [-0.2, 0) is 59.7 Å². The number of nitrogens with zero attached hydrogens (tertiary/aromatic N) is 19. The highest BCUT2D eigenvalue weighted by Crippen LogP contribution is 2.42. The summed E-state index contributed by atoms with van der Waals surface area (Å²) < 4.78 is 28.4. The van der Waals surface area contributed by atoms with Crippen molar-refractivity contribution >= 4 is 69.5 Å². The Hall–Kier alpha value is -11.9. The van der Waals surface area contributed by atoms with Crippen molar-refractivity contribution in [1.82, 2.24) is 69.2 Å². The van der Waals surface area contributed by atoms with Crippen LogP contribution in [0.2, 0.25) is 5.28 Å². The average Bonchev–Trinajstić information content (AvgIpc) is 1.74. The number of halogens is 1. The van der Waals surface area contributed by atoms with Crippen LogP contribution in [0.5, 0.6) is 5.88 Å². The molecule has 3 aromatic carbocycles. The molecule has 14 heterocycles. The van der Waals surface area contributed by atoms with Gasteiger partial charge in [0.05, 0.1) is 112 Å². The molecule has 0 spiro atoms. The van der Waals surface area contributed by atoms with Crippen molar-refractivity contribution in [2.45, 2.75) is 107 Å². The fraction of sp³-hybridized carbons (Fsp3) is 0.325. The number of morpholine rings is 3. The minimum absolute atomic E-state index is 0. The fourth-order valence-corrected chi connectivity index (χ4v) is 13.6. The summed E-state index contributed by atoms with van der Waals surface area (Å²) in [6.45, 7) is 37.3. The zero-order chi connectivity index (χ0) is 69.8. The molecule has 6 aliphatic rings. The number of aromatic amines is 1. The minimum Gasteiger partial charge on any atom is -0.473 e. The molecular formula is C77H81ClN22O5. The Morgan fingerprint density at radius 2 is 0.943 bits per heavy atom. The van der Waals surface area contributed by atoms with Gasteiger partial charge in [-0.15, -0.1) is 0 Å². The SMILES string of the molecule is C.C.C.[C-]#[N+]c1cc2n(n1)CCc1c-2nc(-c2ccc(Nc3cccc(=O)[nH]3)cc2)nc1N1CCOC[C@@H]1C.[C-]#[N+]c1cc2n(n1)CCc1c-2nc(-c2ccc(Nc3cccc(OCc4ccccc4)n3)cc2)nc1N1CCOC[C@@H]1C.[C-]#[N+]c1cc2n(n1)CCc1c-2nc(Cl)nc1N1CCOC[C@@H]1C. The Kier molecular flexibility index (Phi) is 22.3. The van der Waals surface area contributed by atoms with Gasteiger partial charge in [0.1, 0.15) is 35.7 Å². The van der Waals surface area contributed by atoms with E-state index in [4.69, 9.17) is 70.2 Å². The van der Waals surface area contributed by atoms with Crippen LogP contribution in [0, 0.1) is 19.7 Å². The first-order chi connectivity index (χ1) is 49.9. The maximum atomic E-state index is 11.6. The summed E-state index contributed by atoms with van der Waals surface area (Å²) in [5.41, 5.74) is 12.7. The average molecular weight is 1430 g/mol. The van der Waals surface area contributed by atoms with Crippen molar-refractivity contribution in [3.05, 3.63) is 206 Å². The van der Waals surface area contributed by atoms with Crippen molar-refractivity contribution in [2.24, 2.45) is 0 Å². The van der Waals surface area contributed by atoms with Gasteiger partial charge in [-0.25, -0.2) is 29.9 Å². The number of anilines is 7. The van der Waals surface area contributed by atoms with Crippen LogP contribution in [0.4, 0.5) is 57.9 Å². The van der Waals surface area contributed by atoms with Gasteiger partial charge in [0, 0.05) is 71.0 Å². The molecule has 105 heavy (non-hydrogen) atoms. The van der Waals surface area contributed by atoms with Crippen LogP contribution in [0.15, 0.2) is 138 Å². The summed E-state index contributed by atoms with van der Waals surface area (Å²) in [6.07, 6.45) is 2.28. The molecule has 28 heteroatoms. The van der Waals surface area contributed by atoms with Gasteiger partial charge in [0.15, 0.2) is 11.6 Å². The second-order valence-corrected chi connectivity index (χ2v) is 25.6. The van der Waals surface area contributed by atoms with Crippen molar-refractivity contribution in [2.75, 3.05) is 84.6 Å². The number of fused-ring (bicyclic) bond motifs is 9. The molecule has 17 rings (SSSR count). The maximum Gasteiger partial charge on any atom is 0.296 e. The Morgan fingerprint density at radius 3 is 1.39 bits per heavy atom. The number of rotatable bonds is 12. The number of ether oxygens (including phenoxy) is 4. The van der Waals surface area contributed by atoms with Gasteiger partial charge in [0.2, 0.25) is 16.7 Å². The van der Waals surface area contributed by atoms with Crippen molar-refractivity contribution < 1.29 is 18.9 Å². The highest BCUT2D eigenvalue weighted by Gasteiger charge is 2.35. The second kappa shape index (κ2) is 32.2. The summed E-state index contributed by atoms with van der Waals surface area (Å²) in [5, 5.41) is 20.0. The Labute approximate surface area is 614 Å². The smallest absolute Gasteiger partial charge is 0.296 e. The van der Waals surface area contributed by atoms with E-state index in [2.05, 4.69) is 95.9 Å². The van der Waals surface area contributed by atoms with Crippen molar-refractivity contribution in [3.8, 4) is 62.8 Å². The number of benzene rings is 3. The lowest BCUT2D eigenvalue weighted by Crippen LogP contribution is -2.45. The molecule has 0 amide bonds. The van der Waals surface area contributed by atoms with Gasteiger partial charge in [0.25, 0.3) is 17.5 Å². The van der Waals surface area contributed by atoms with Gasteiger partial charge in [-0.2, -0.15) is 19.0 Å². The first-order valence-electron chi connectivity index (χ1n) is 33.8. The van der Waals surface area contributed by atoms with Crippen LogP contribution in [0.1, 0.15) is 65.3 Å². The number of nitrogens with one attached hydrogen (secondary N) is 3. The molecule has 3 saturated heterocycles. The molecule has 0 bridgehead atoms. The molecule has 3 atom stereocenters. The van der Waals surface area contributed by atoms with Gasteiger partial charge >= 0.3 is 0 Å². The monoisotopic (exact) mass is 1430 g/mol. The van der Waals surface area contributed by atoms with Crippen molar-refractivity contribution in [3.63, 3.8) is 0 Å². The summed E-state index contributed by atoms with van der Waals surface area (Å²) in [6, 6.07) is 42.5. The lowest BCUT2D eigenvalue weighted by atomic mass is 10.0. The zero-order valence-electron chi connectivity index (χ0n) is 56.2. The minimum atomic E-state index is -0.162. The summed E-state index contributed by atoms with van der Waals surface area (Å²) >= 11 is 6.19. The Bertz CT molecular complexity index is 5120. The number of hydrogen-bond acceptors (Lipinski definition) is 20. The quantitative estimate of drug-likeness (QED) is 0.0758. The van der Waals surface area contributed by atoms with E-state index in [9.17, 15) is 4.79 Å². The second-order valence-electron chi connectivity index (χ2n) is 25.3. The summed E-state index contributed by atoms with van der Waals surface area (Å²) in [5.74, 6) is 6.97. The predicted octanol–water partition coefficient (Wildman–Crippen LogP) is 14.1. The molecule has 0 aliphatic carbocycles. The van der Waals surface area contributed by atoms with Gasteiger partial charge in [-0.1, -0.05) is 84.5 Å². The van der Waals surface area contributed by atoms with E-state index in [-0.39, 0.29) is 51.2 Å². The van der Waals surface area contributed by atoms with E-state index in [1.165, 1.54) is 6.07 Å². The maximum absolute atomic E-state index is 11.6. The first kappa shape index (κ1) is 72.8. The molecule has 3 N–H and O–H groups in total. The van der Waals surface area contributed by atoms with Gasteiger partial charge < -0.3 is 63.8 Å². The topological polar surface area (TPSA) is 260 Å². The van der Waals surface area contributed by atoms with E-state index in [1.807, 2.05) is 123 Å². The molecule has 27 nitrogen and oxygen atoms in total. The molecule has 3 fully saturated rings. The number of pyridine rings is 2. The van der Waals surface area contributed by atoms with E-state index in [0.29, 0.717) is 113 Å². The van der Waals surface area contributed by atoms with Crippen LogP contribution in [-0.4, -0.2) is 147 Å². The van der Waals surface area contributed by atoms with Crippen molar-refractivity contribution in [1.29, 1.82) is 0 Å². The molecule has 0 saturated carbocycles. The highest BCUT2D eigenvalue weighted by atomic mass is 35.5. The lowest BCUT2D eigenvalue weighted by molar-refractivity contribution is 0.0984. The van der Waals surface area contributed by atoms with Crippen LogP contribution in [0.3, 0.4) is 0 Å². The highest BCUT2D eigenvalue weighted by molar-refractivity contribution is 6.28. The summed E-state index contributed by atoms with van der Waals surface area (Å²) in [4.78, 5) is 65.4. The number of hydrogen-bond donors (Lipinski definition) is 3. The molecule has 0 unspecified atom stereocenters. The first-order valence-corrected chi connectivity index (χ1v) is 34.1. The molecule has 6 aliphatic heterocycles. The molecular weight excluding hydrogens is 1350 g/mol. The van der Waals surface area contributed by atoms with E-state index < -0.39 is 0 Å². The third kappa shape index (κ3) is 15.6. The van der Waals surface area contributed by atoms with Crippen LogP contribution < -0.4 is 35.6 Å². The Morgan fingerprint density at radius 1 is 0.505 bits per heavy atom. The molecule has 11 aromatic rings. The fourth-order valence-electron chi connectivity index (χ4n) is 13.4. The molecule has 536 valence electrons. The predicted molar refractivity (Wildman–Crippen MR) is 407 cm³/mol.